The lowest BCUT2D eigenvalue weighted by atomic mass is 10.1. The molecule has 1 fully saturated rings. The maximum absolute atomic E-state index is 13.8. The molecule has 168 valence electrons. The molecule has 1 aromatic heterocycles. The zero-order valence-corrected chi connectivity index (χ0v) is 19.1. The van der Waals surface area contributed by atoms with E-state index in [1.807, 2.05) is 53.6 Å². The minimum absolute atomic E-state index is 0.0406. The van der Waals surface area contributed by atoms with Crippen molar-refractivity contribution >= 4 is 17.2 Å². The molecule has 6 heteroatoms. The van der Waals surface area contributed by atoms with Crippen LogP contribution in [0.4, 0.5) is 4.39 Å². The summed E-state index contributed by atoms with van der Waals surface area (Å²) in [7, 11) is 0. The average Bonchev–Trinajstić information content (AvgIpc) is 3.46. The molecule has 0 unspecified atom stereocenters. The Morgan fingerprint density at radius 2 is 2.09 bits per heavy atom. The maximum atomic E-state index is 13.8. The molecule has 4 rings (SSSR count). The highest BCUT2D eigenvalue weighted by Gasteiger charge is 2.25. The molecule has 1 saturated heterocycles. The summed E-state index contributed by atoms with van der Waals surface area (Å²) >= 11 is 1.48. The van der Waals surface area contributed by atoms with Gasteiger partial charge in [0.2, 0.25) is 0 Å². The number of benzene rings is 2. The van der Waals surface area contributed by atoms with Crippen molar-refractivity contribution in [1.29, 1.82) is 0 Å². The van der Waals surface area contributed by atoms with Crippen molar-refractivity contribution in [3.05, 3.63) is 87.4 Å². The van der Waals surface area contributed by atoms with Gasteiger partial charge in [0.25, 0.3) is 5.91 Å². The third-order valence-electron chi connectivity index (χ3n) is 5.66. The van der Waals surface area contributed by atoms with Crippen LogP contribution in [0, 0.1) is 12.7 Å². The second-order valence-corrected chi connectivity index (χ2v) is 9.01. The molecule has 2 heterocycles. The van der Waals surface area contributed by atoms with Gasteiger partial charge in [-0.05, 0) is 66.1 Å². The molecule has 3 aromatic rings. The monoisotopic (exact) mass is 453 g/mol. The molecule has 0 bridgehead atoms. The summed E-state index contributed by atoms with van der Waals surface area (Å²) in [5.74, 6) is 0.548. The number of ether oxygens (including phenoxy) is 2. The molecule has 4 nitrogen and oxygen atoms in total. The number of rotatable bonds is 9. The summed E-state index contributed by atoms with van der Waals surface area (Å²) < 4.78 is 25.5. The maximum Gasteiger partial charge on any atom is 0.264 e. The van der Waals surface area contributed by atoms with E-state index >= 15 is 0 Å². The number of halogens is 1. The van der Waals surface area contributed by atoms with Crippen LogP contribution < -0.4 is 4.74 Å². The van der Waals surface area contributed by atoms with E-state index in [9.17, 15) is 9.18 Å². The molecular weight excluding hydrogens is 425 g/mol. The van der Waals surface area contributed by atoms with Crippen molar-refractivity contribution in [2.75, 3.05) is 19.8 Å². The summed E-state index contributed by atoms with van der Waals surface area (Å²) in [6.45, 7) is 4.18. The molecule has 1 aliphatic rings. The fourth-order valence-corrected chi connectivity index (χ4v) is 4.81. The lowest BCUT2D eigenvalue weighted by molar-refractivity contribution is 0.0510. The van der Waals surface area contributed by atoms with Crippen molar-refractivity contribution in [2.24, 2.45) is 0 Å². The normalized spacial score (nSPS) is 15.6. The van der Waals surface area contributed by atoms with E-state index in [0.717, 1.165) is 41.2 Å². The van der Waals surface area contributed by atoms with Gasteiger partial charge in [-0.15, -0.1) is 11.3 Å². The minimum Gasteiger partial charge on any atom is -0.493 e. The SMILES string of the molecule is Cc1ccsc1C(=O)N(Cc1cccc(OCCc2ccccc2F)c1)C[C@H]1CCCO1. The smallest absolute Gasteiger partial charge is 0.264 e. The number of aryl methyl sites for hydroxylation is 1. The zero-order valence-electron chi connectivity index (χ0n) is 18.3. The van der Waals surface area contributed by atoms with Crippen LogP contribution in [0.5, 0.6) is 5.75 Å². The van der Waals surface area contributed by atoms with Gasteiger partial charge in [-0.3, -0.25) is 4.79 Å². The van der Waals surface area contributed by atoms with Crippen LogP contribution in [0.15, 0.2) is 60.0 Å². The van der Waals surface area contributed by atoms with Gasteiger partial charge in [0.1, 0.15) is 11.6 Å². The Balaban J connectivity index is 1.42. The fraction of sp³-hybridized carbons (Fsp3) is 0.346. The van der Waals surface area contributed by atoms with Gasteiger partial charge in [0, 0.05) is 26.1 Å². The number of hydrogen-bond donors (Lipinski definition) is 0. The van der Waals surface area contributed by atoms with Gasteiger partial charge in [-0.1, -0.05) is 30.3 Å². The molecule has 1 aliphatic heterocycles. The molecule has 0 aliphatic carbocycles. The number of carbonyl (C=O) groups is 1. The second-order valence-electron chi connectivity index (χ2n) is 8.09. The zero-order chi connectivity index (χ0) is 22.3. The van der Waals surface area contributed by atoms with Crippen LogP contribution in [0.2, 0.25) is 0 Å². The highest BCUT2D eigenvalue weighted by atomic mass is 32.1. The number of carbonyl (C=O) groups excluding carboxylic acids is 1. The molecule has 0 N–H and O–H groups in total. The number of nitrogens with zero attached hydrogens (tertiary/aromatic N) is 1. The van der Waals surface area contributed by atoms with Gasteiger partial charge in [0.05, 0.1) is 17.6 Å². The largest absolute Gasteiger partial charge is 0.493 e. The van der Waals surface area contributed by atoms with Gasteiger partial charge in [-0.2, -0.15) is 0 Å². The molecule has 0 spiro atoms. The van der Waals surface area contributed by atoms with Gasteiger partial charge in [-0.25, -0.2) is 4.39 Å². The van der Waals surface area contributed by atoms with Crippen molar-refractivity contribution in [1.82, 2.24) is 4.90 Å². The van der Waals surface area contributed by atoms with Crippen molar-refractivity contribution < 1.29 is 18.7 Å². The number of hydrogen-bond acceptors (Lipinski definition) is 4. The van der Waals surface area contributed by atoms with Crippen LogP contribution in [-0.2, 0) is 17.7 Å². The van der Waals surface area contributed by atoms with Crippen molar-refractivity contribution in [2.45, 2.75) is 38.8 Å². The molecule has 32 heavy (non-hydrogen) atoms. The van der Waals surface area contributed by atoms with Crippen LogP contribution in [0.1, 0.15) is 39.2 Å². The molecule has 0 radical (unpaired) electrons. The predicted octanol–water partition coefficient (Wildman–Crippen LogP) is 5.64. The summed E-state index contributed by atoms with van der Waals surface area (Å²) in [5.41, 5.74) is 2.64. The standard InChI is InChI=1S/C26H28FNO3S/c1-19-12-15-32-25(19)26(29)28(18-23-9-5-13-30-23)17-20-6-4-8-22(16-20)31-14-11-21-7-2-3-10-24(21)27/h2-4,6-8,10,12,15-16,23H,5,9,11,13-14,17-18H2,1H3/t23-/m1/s1. The quantitative estimate of drug-likeness (QED) is 0.421. The van der Waals surface area contributed by atoms with E-state index in [0.29, 0.717) is 31.7 Å². The Kier molecular flexibility index (Phi) is 7.55. The Bertz CT molecular complexity index is 1040. The summed E-state index contributed by atoms with van der Waals surface area (Å²) in [4.78, 5) is 15.9. The Hall–Kier alpha value is -2.70. The number of thiophene rings is 1. The molecule has 1 atom stereocenters. The van der Waals surface area contributed by atoms with E-state index in [-0.39, 0.29) is 17.8 Å². The topological polar surface area (TPSA) is 38.8 Å². The van der Waals surface area contributed by atoms with Crippen LogP contribution >= 0.6 is 11.3 Å². The van der Waals surface area contributed by atoms with E-state index in [4.69, 9.17) is 9.47 Å². The van der Waals surface area contributed by atoms with E-state index in [2.05, 4.69) is 0 Å². The molecular formula is C26H28FNO3S. The number of amides is 1. The van der Waals surface area contributed by atoms with Crippen LogP contribution in [-0.4, -0.2) is 36.7 Å². The third-order valence-corrected chi connectivity index (χ3v) is 6.67. The second kappa shape index (κ2) is 10.7. The first kappa shape index (κ1) is 22.5. The minimum atomic E-state index is -0.211. The molecule has 2 aromatic carbocycles. The lowest BCUT2D eigenvalue weighted by Gasteiger charge is -2.25. The van der Waals surface area contributed by atoms with E-state index in [1.165, 1.54) is 17.4 Å². The van der Waals surface area contributed by atoms with E-state index < -0.39 is 0 Å². The summed E-state index contributed by atoms with van der Waals surface area (Å²) in [5, 5.41) is 1.96. The van der Waals surface area contributed by atoms with Gasteiger partial charge in [0.15, 0.2) is 0 Å². The predicted molar refractivity (Wildman–Crippen MR) is 125 cm³/mol. The van der Waals surface area contributed by atoms with Gasteiger partial charge < -0.3 is 14.4 Å². The first-order valence-corrected chi connectivity index (χ1v) is 11.9. The van der Waals surface area contributed by atoms with Crippen LogP contribution in [0.25, 0.3) is 0 Å². The fourth-order valence-electron chi connectivity index (χ4n) is 3.92. The molecule has 1 amide bonds. The third kappa shape index (κ3) is 5.75. The Labute approximate surface area is 192 Å². The van der Waals surface area contributed by atoms with Crippen LogP contribution in [0.3, 0.4) is 0 Å². The lowest BCUT2D eigenvalue weighted by Crippen LogP contribution is -2.36. The summed E-state index contributed by atoms with van der Waals surface area (Å²) in [6.07, 6.45) is 2.60. The van der Waals surface area contributed by atoms with Crippen molar-refractivity contribution in [3.8, 4) is 5.75 Å². The van der Waals surface area contributed by atoms with E-state index in [1.54, 1.807) is 12.1 Å². The summed E-state index contributed by atoms with van der Waals surface area (Å²) in [6, 6.07) is 16.5. The highest BCUT2D eigenvalue weighted by molar-refractivity contribution is 7.12. The average molecular weight is 454 g/mol. The first-order valence-electron chi connectivity index (χ1n) is 11.0. The van der Waals surface area contributed by atoms with Crippen molar-refractivity contribution in [3.63, 3.8) is 0 Å². The highest BCUT2D eigenvalue weighted by Crippen LogP contribution is 2.23. The Morgan fingerprint density at radius 3 is 2.84 bits per heavy atom. The Morgan fingerprint density at radius 1 is 1.22 bits per heavy atom. The van der Waals surface area contributed by atoms with Gasteiger partial charge >= 0.3 is 0 Å². The molecule has 0 saturated carbocycles. The first-order chi connectivity index (χ1) is 15.6.